The van der Waals surface area contributed by atoms with Gasteiger partial charge in [-0.15, -0.1) is 0 Å². The average molecular weight is 383 g/mol. The molecule has 1 heterocycles. The van der Waals surface area contributed by atoms with Gasteiger partial charge in [0.15, 0.2) is 5.16 Å². The van der Waals surface area contributed by atoms with E-state index in [-0.39, 0.29) is 16.8 Å². The number of methoxy groups -OCH3 is 1. The summed E-state index contributed by atoms with van der Waals surface area (Å²) in [5.41, 5.74) is 0.789. The normalized spacial score (nSPS) is 10.4. The van der Waals surface area contributed by atoms with E-state index >= 15 is 0 Å². The first-order valence-electron chi connectivity index (χ1n) is 8.02. The van der Waals surface area contributed by atoms with E-state index in [9.17, 15) is 14.7 Å². The summed E-state index contributed by atoms with van der Waals surface area (Å²) in [5, 5.41) is 12.7. The Morgan fingerprint density at radius 1 is 1.19 bits per heavy atom. The first-order chi connectivity index (χ1) is 13.1. The highest BCUT2D eigenvalue weighted by molar-refractivity contribution is 7.99. The fraction of sp³-hybridized carbons (Fsp3) is 0.105. The SMILES string of the molecule is COc1ccc(-n2c(SCC(=O)Nc3ccccc3)nc(O)cc2=O)cc1. The number of amides is 1. The van der Waals surface area contributed by atoms with Crippen LogP contribution < -0.4 is 15.6 Å². The molecule has 2 N–H and O–H groups in total. The molecule has 0 fully saturated rings. The zero-order chi connectivity index (χ0) is 19.2. The van der Waals surface area contributed by atoms with Crippen molar-refractivity contribution in [1.82, 2.24) is 9.55 Å². The first-order valence-corrected chi connectivity index (χ1v) is 9.00. The van der Waals surface area contributed by atoms with Crippen LogP contribution in [-0.2, 0) is 4.79 Å². The maximum absolute atomic E-state index is 12.4. The number of rotatable bonds is 6. The van der Waals surface area contributed by atoms with Crippen LogP contribution >= 0.6 is 11.8 Å². The maximum atomic E-state index is 12.4. The monoisotopic (exact) mass is 383 g/mol. The van der Waals surface area contributed by atoms with Crippen LogP contribution in [0.1, 0.15) is 0 Å². The zero-order valence-corrected chi connectivity index (χ0v) is 15.3. The molecule has 1 aromatic heterocycles. The number of thioether (sulfide) groups is 1. The summed E-state index contributed by atoms with van der Waals surface area (Å²) in [5.74, 6) is 0.0387. The highest BCUT2D eigenvalue weighted by Gasteiger charge is 2.13. The number of hydrogen-bond donors (Lipinski definition) is 2. The third kappa shape index (κ3) is 4.68. The number of anilines is 1. The molecular weight excluding hydrogens is 366 g/mol. The third-order valence-corrected chi connectivity index (χ3v) is 4.53. The Hall–Kier alpha value is -3.26. The van der Waals surface area contributed by atoms with Crippen LogP contribution in [-0.4, -0.2) is 33.4 Å². The van der Waals surface area contributed by atoms with E-state index in [1.54, 1.807) is 43.5 Å². The Balaban J connectivity index is 1.82. The second-order valence-corrected chi connectivity index (χ2v) is 6.41. The van der Waals surface area contributed by atoms with Crippen LogP contribution in [0.15, 0.2) is 70.6 Å². The predicted molar refractivity (Wildman–Crippen MR) is 104 cm³/mol. The number of para-hydroxylation sites is 1. The van der Waals surface area contributed by atoms with E-state index in [1.165, 1.54) is 4.57 Å². The summed E-state index contributed by atoms with van der Waals surface area (Å²) >= 11 is 1.06. The highest BCUT2D eigenvalue weighted by atomic mass is 32.2. The molecule has 0 bridgehead atoms. The molecule has 138 valence electrons. The van der Waals surface area contributed by atoms with Crippen LogP contribution in [0.5, 0.6) is 11.6 Å². The van der Waals surface area contributed by atoms with E-state index < -0.39 is 11.4 Å². The first kappa shape index (κ1) is 18.5. The van der Waals surface area contributed by atoms with Crippen molar-refractivity contribution in [3.05, 3.63) is 71.0 Å². The number of benzene rings is 2. The van der Waals surface area contributed by atoms with Crippen molar-refractivity contribution >= 4 is 23.4 Å². The largest absolute Gasteiger partial charge is 0.497 e. The summed E-state index contributed by atoms with van der Waals surface area (Å²) < 4.78 is 6.45. The molecule has 8 heteroatoms. The van der Waals surface area contributed by atoms with Crippen molar-refractivity contribution in [2.45, 2.75) is 5.16 Å². The Morgan fingerprint density at radius 3 is 2.56 bits per heavy atom. The van der Waals surface area contributed by atoms with E-state index in [2.05, 4.69) is 10.3 Å². The van der Waals surface area contributed by atoms with Crippen LogP contribution in [0, 0.1) is 0 Å². The second kappa shape index (κ2) is 8.41. The van der Waals surface area contributed by atoms with Gasteiger partial charge in [0.05, 0.1) is 24.6 Å². The smallest absolute Gasteiger partial charge is 0.262 e. The minimum atomic E-state index is -0.446. The molecule has 1 amide bonds. The molecule has 0 unspecified atom stereocenters. The second-order valence-electron chi connectivity index (χ2n) is 5.47. The fourth-order valence-corrected chi connectivity index (χ4v) is 3.18. The average Bonchev–Trinajstić information content (AvgIpc) is 2.67. The Bertz CT molecular complexity index is 988. The van der Waals surface area contributed by atoms with Crippen molar-refractivity contribution < 1.29 is 14.6 Å². The number of aromatic hydroxyl groups is 1. The van der Waals surface area contributed by atoms with Gasteiger partial charge in [0.2, 0.25) is 11.8 Å². The number of carbonyl (C=O) groups is 1. The summed E-state index contributed by atoms with van der Waals surface area (Å²) in [4.78, 5) is 28.5. The lowest BCUT2D eigenvalue weighted by Gasteiger charge is -2.12. The molecular formula is C19H17N3O4S. The molecule has 0 saturated carbocycles. The summed E-state index contributed by atoms with van der Waals surface area (Å²) in [6.45, 7) is 0. The number of nitrogens with one attached hydrogen (secondary N) is 1. The third-order valence-electron chi connectivity index (χ3n) is 3.59. The highest BCUT2D eigenvalue weighted by Crippen LogP contribution is 2.22. The van der Waals surface area contributed by atoms with Crippen LogP contribution in [0.4, 0.5) is 5.69 Å². The molecule has 2 aromatic carbocycles. The minimum Gasteiger partial charge on any atom is -0.497 e. The molecule has 0 aliphatic rings. The van der Waals surface area contributed by atoms with Crippen LogP contribution in [0.2, 0.25) is 0 Å². The van der Waals surface area contributed by atoms with Gasteiger partial charge in [-0.05, 0) is 36.4 Å². The lowest BCUT2D eigenvalue weighted by Crippen LogP contribution is -2.21. The van der Waals surface area contributed by atoms with Crippen LogP contribution in [0.3, 0.4) is 0 Å². The van der Waals surface area contributed by atoms with Gasteiger partial charge < -0.3 is 15.2 Å². The predicted octanol–water partition coefficient (Wildman–Crippen LogP) is 2.68. The van der Waals surface area contributed by atoms with E-state index in [4.69, 9.17) is 4.74 Å². The molecule has 0 atom stereocenters. The molecule has 0 saturated heterocycles. The molecule has 27 heavy (non-hydrogen) atoms. The minimum absolute atomic E-state index is 0.0287. The number of nitrogens with zero attached hydrogens (tertiary/aromatic N) is 2. The Kier molecular flexibility index (Phi) is 5.77. The van der Waals surface area contributed by atoms with Gasteiger partial charge in [-0.3, -0.25) is 14.2 Å². The molecule has 0 spiro atoms. The van der Waals surface area contributed by atoms with Gasteiger partial charge in [-0.25, -0.2) is 0 Å². The van der Waals surface area contributed by atoms with Crippen molar-refractivity contribution in [3.8, 4) is 17.3 Å². The number of aromatic nitrogens is 2. The number of ether oxygens (including phenoxy) is 1. The van der Waals surface area contributed by atoms with Crippen molar-refractivity contribution in [2.75, 3.05) is 18.2 Å². The van der Waals surface area contributed by atoms with Gasteiger partial charge in [-0.1, -0.05) is 30.0 Å². The van der Waals surface area contributed by atoms with Gasteiger partial charge in [-0.2, -0.15) is 4.98 Å². The van der Waals surface area contributed by atoms with E-state index in [1.807, 2.05) is 18.2 Å². The lowest BCUT2D eigenvalue weighted by atomic mass is 10.3. The maximum Gasteiger partial charge on any atom is 0.262 e. The Morgan fingerprint density at radius 2 is 1.89 bits per heavy atom. The van der Waals surface area contributed by atoms with Crippen molar-refractivity contribution in [1.29, 1.82) is 0 Å². The van der Waals surface area contributed by atoms with Crippen LogP contribution in [0.25, 0.3) is 5.69 Å². The van der Waals surface area contributed by atoms with Gasteiger partial charge in [0.25, 0.3) is 5.56 Å². The van der Waals surface area contributed by atoms with Gasteiger partial charge >= 0.3 is 0 Å². The standard InChI is InChI=1S/C19H17N3O4S/c1-26-15-9-7-14(8-10-15)22-18(25)11-16(23)21-19(22)27-12-17(24)20-13-5-3-2-4-6-13/h2-11,23H,12H2,1H3,(H,20,24). The molecule has 7 nitrogen and oxygen atoms in total. The zero-order valence-electron chi connectivity index (χ0n) is 14.5. The summed E-state index contributed by atoms with van der Waals surface area (Å²) in [6, 6.07) is 16.9. The number of carbonyl (C=O) groups excluding carboxylic acids is 1. The van der Waals surface area contributed by atoms with E-state index in [0.29, 0.717) is 17.1 Å². The molecule has 3 rings (SSSR count). The van der Waals surface area contributed by atoms with Crippen molar-refractivity contribution in [2.24, 2.45) is 0 Å². The molecule has 3 aromatic rings. The van der Waals surface area contributed by atoms with Gasteiger partial charge in [0.1, 0.15) is 5.75 Å². The summed E-state index contributed by atoms with van der Waals surface area (Å²) in [6.07, 6.45) is 0. The fourth-order valence-electron chi connectivity index (χ4n) is 2.36. The lowest BCUT2D eigenvalue weighted by molar-refractivity contribution is -0.113. The number of hydrogen-bond acceptors (Lipinski definition) is 6. The van der Waals surface area contributed by atoms with Crippen molar-refractivity contribution in [3.63, 3.8) is 0 Å². The quantitative estimate of drug-likeness (QED) is 0.502. The van der Waals surface area contributed by atoms with E-state index in [0.717, 1.165) is 17.8 Å². The molecule has 0 aliphatic heterocycles. The Labute approximate surface area is 159 Å². The topological polar surface area (TPSA) is 93.4 Å². The summed E-state index contributed by atoms with van der Waals surface area (Å²) in [7, 11) is 1.55. The molecule has 0 radical (unpaired) electrons. The molecule has 0 aliphatic carbocycles. The van der Waals surface area contributed by atoms with Gasteiger partial charge in [0, 0.05) is 5.69 Å².